The van der Waals surface area contributed by atoms with E-state index in [4.69, 9.17) is 0 Å². The average Bonchev–Trinajstić information content (AvgIpc) is 2.42. The summed E-state index contributed by atoms with van der Waals surface area (Å²) < 4.78 is 0. The van der Waals surface area contributed by atoms with Gasteiger partial charge in [-0.1, -0.05) is 50.6 Å². The van der Waals surface area contributed by atoms with Crippen molar-refractivity contribution in [3.05, 3.63) is 35.4 Å². The molecule has 1 aromatic rings. The highest BCUT2D eigenvalue weighted by atomic mass is 15.1. The van der Waals surface area contributed by atoms with Crippen LogP contribution in [0.1, 0.15) is 50.8 Å². The molecular weight excluding hydrogens is 244 g/mol. The maximum atomic E-state index is 3.68. The van der Waals surface area contributed by atoms with Crippen LogP contribution in [0.15, 0.2) is 24.3 Å². The molecule has 2 heteroatoms. The molecule has 1 atom stereocenters. The zero-order chi connectivity index (χ0) is 15.0. The van der Waals surface area contributed by atoms with Crippen molar-refractivity contribution in [2.24, 2.45) is 5.92 Å². The van der Waals surface area contributed by atoms with E-state index in [1.54, 1.807) is 0 Å². The molecule has 1 aromatic carbocycles. The topological polar surface area (TPSA) is 15.3 Å². The lowest BCUT2D eigenvalue weighted by Gasteiger charge is -2.26. The fourth-order valence-electron chi connectivity index (χ4n) is 2.29. The van der Waals surface area contributed by atoms with Gasteiger partial charge in [0.15, 0.2) is 0 Å². The van der Waals surface area contributed by atoms with Crippen LogP contribution in [0.2, 0.25) is 0 Å². The van der Waals surface area contributed by atoms with E-state index in [1.165, 1.54) is 30.5 Å². The minimum atomic E-state index is 0.438. The molecule has 0 bridgehead atoms. The highest BCUT2D eigenvalue weighted by Gasteiger charge is 2.13. The van der Waals surface area contributed by atoms with E-state index in [1.807, 2.05) is 0 Å². The Bertz CT molecular complexity index is 356. The van der Waals surface area contributed by atoms with Gasteiger partial charge in [-0.3, -0.25) is 0 Å². The van der Waals surface area contributed by atoms with Gasteiger partial charge in [-0.2, -0.15) is 0 Å². The Balaban J connectivity index is 2.61. The predicted octanol–water partition coefficient (Wildman–Crippen LogP) is 4.01. The quantitative estimate of drug-likeness (QED) is 0.733. The molecule has 2 nitrogen and oxygen atoms in total. The fourth-order valence-corrected chi connectivity index (χ4v) is 2.29. The third kappa shape index (κ3) is 6.53. The van der Waals surface area contributed by atoms with Crippen molar-refractivity contribution in [1.82, 2.24) is 10.2 Å². The molecule has 0 radical (unpaired) electrons. The second kappa shape index (κ2) is 9.15. The molecule has 1 rings (SSSR count). The highest BCUT2D eigenvalue weighted by molar-refractivity contribution is 5.24. The Hall–Kier alpha value is -0.860. The first-order valence-electron chi connectivity index (χ1n) is 8.01. The van der Waals surface area contributed by atoms with Crippen molar-refractivity contribution in [3.8, 4) is 0 Å². The fraction of sp³-hybridized carbons (Fsp3) is 0.667. The zero-order valence-electron chi connectivity index (χ0n) is 13.9. The van der Waals surface area contributed by atoms with Crippen LogP contribution in [-0.2, 0) is 0 Å². The molecule has 114 valence electrons. The summed E-state index contributed by atoms with van der Waals surface area (Å²) in [7, 11) is 2.23. The number of nitrogens with zero attached hydrogens (tertiary/aromatic N) is 1. The van der Waals surface area contributed by atoms with Crippen LogP contribution in [0.5, 0.6) is 0 Å². The predicted molar refractivity (Wildman–Crippen MR) is 89.2 cm³/mol. The smallest absolute Gasteiger partial charge is 0.0449 e. The Morgan fingerprint density at radius 3 is 2.35 bits per heavy atom. The maximum absolute atomic E-state index is 3.68. The normalized spacial score (nSPS) is 13.2. The van der Waals surface area contributed by atoms with Crippen molar-refractivity contribution in [1.29, 1.82) is 0 Å². The lowest BCUT2D eigenvalue weighted by Crippen LogP contribution is -2.34. The van der Waals surface area contributed by atoms with E-state index in [0.29, 0.717) is 6.04 Å². The van der Waals surface area contributed by atoms with Gasteiger partial charge in [0, 0.05) is 12.6 Å². The molecule has 0 aromatic heterocycles. The summed E-state index contributed by atoms with van der Waals surface area (Å²) in [5, 5.41) is 3.68. The van der Waals surface area contributed by atoms with Crippen LogP contribution in [0, 0.1) is 12.8 Å². The number of rotatable bonds is 9. The minimum absolute atomic E-state index is 0.438. The van der Waals surface area contributed by atoms with Crippen molar-refractivity contribution < 1.29 is 0 Å². The van der Waals surface area contributed by atoms with Gasteiger partial charge in [0.25, 0.3) is 0 Å². The molecule has 0 saturated heterocycles. The van der Waals surface area contributed by atoms with Gasteiger partial charge in [-0.25, -0.2) is 0 Å². The van der Waals surface area contributed by atoms with Crippen molar-refractivity contribution in [2.45, 2.75) is 46.6 Å². The van der Waals surface area contributed by atoms with E-state index in [0.717, 1.165) is 19.0 Å². The summed E-state index contributed by atoms with van der Waals surface area (Å²) in [6.45, 7) is 12.3. The molecule has 1 N–H and O–H groups in total. The number of hydrogen-bond acceptors (Lipinski definition) is 2. The van der Waals surface area contributed by atoms with Gasteiger partial charge in [-0.15, -0.1) is 0 Å². The molecule has 1 unspecified atom stereocenters. The van der Waals surface area contributed by atoms with E-state index in [9.17, 15) is 0 Å². The standard InChI is InChI=1S/C18H32N2/c1-6-12-19-18(14-20(5)13-11-15(2)3)17-9-7-16(4)8-10-17/h7-10,15,18-19H,6,11-14H2,1-5H3. The number of nitrogens with one attached hydrogen (secondary N) is 1. The number of aryl methyl sites for hydroxylation is 1. The van der Waals surface area contributed by atoms with E-state index >= 15 is 0 Å². The largest absolute Gasteiger partial charge is 0.309 e. The third-order valence-electron chi connectivity index (χ3n) is 3.70. The summed E-state index contributed by atoms with van der Waals surface area (Å²) in [6.07, 6.45) is 2.45. The Morgan fingerprint density at radius 1 is 1.15 bits per heavy atom. The van der Waals surface area contributed by atoms with E-state index < -0.39 is 0 Å². The molecule has 0 spiro atoms. The minimum Gasteiger partial charge on any atom is -0.309 e. The average molecular weight is 276 g/mol. The van der Waals surface area contributed by atoms with Gasteiger partial charge >= 0.3 is 0 Å². The lowest BCUT2D eigenvalue weighted by atomic mass is 10.0. The molecule has 0 aliphatic carbocycles. The summed E-state index contributed by atoms with van der Waals surface area (Å²) in [5.74, 6) is 0.777. The first-order chi connectivity index (χ1) is 9.52. The number of hydrogen-bond donors (Lipinski definition) is 1. The Kier molecular flexibility index (Phi) is 7.86. The summed E-state index contributed by atoms with van der Waals surface area (Å²) in [4.78, 5) is 2.45. The monoisotopic (exact) mass is 276 g/mol. The number of benzene rings is 1. The van der Waals surface area contributed by atoms with Crippen LogP contribution < -0.4 is 5.32 Å². The van der Waals surface area contributed by atoms with Crippen molar-refractivity contribution in [3.63, 3.8) is 0 Å². The van der Waals surface area contributed by atoms with E-state index in [2.05, 4.69) is 69.2 Å². The van der Waals surface area contributed by atoms with E-state index in [-0.39, 0.29) is 0 Å². The molecule has 0 fully saturated rings. The second-order valence-electron chi connectivity index (χ2n) is 6.36. The molecular formula is C18H32N2. The van der Waals surface area contributed by atoms with Crippen LogP contribution >= 0.6 is 0 Å². The van der Waals surface area contributed by atoms with Gasteiger partial charge in [0.05, 0.1) is 0 Å². The van der Waals surface area contributed by atoms with Crippen LogP contribution in [0.25, 0.3) is 0 Å². The highest BCUT2D eigenvalue weighted by Crippen LogP contribution is 2.15. The molecule has 0 aliphatic rings. The number of likely N-dealkylation sites (N-methyl/N-ethyl adjacent to an activating group) is 1. The Morgan fingerprint density at radius 2 is 1.80 bits per heavy atom. The first kappa shape index (κ1) is 17.2. The van der Waals surface area contributed by atoms with Crippen LogP contribution in [-0.4, -0.2) is 31.6 Å². The van der Waals surface area contributed by atoms with Crippen molar-refractivity contribution >= 4 is 0 Å². The SMILES string of the molecule is CCCNC(CN(C)CCC(C)C)c1ccc(C)cc1. The molecule has 0 saturated carbocycles. The third-order valence-corrected chi connectivity index (χ3v) is 3.70. The van der Waals surface area contributed by atoms with Gasteiger partial charge < -0.3 is 10.2 Å². The summed E-state index contributed by atoms with van der Waals surface area (Å²) in [5.41, 5.74) is 2.73. The van der Waals surface area contributed by atoms with Crippen LogP contribution in [0.4, 0.5) is 0 Å². The van der Waals surface area contributed by atoms with Gasteiger partial charge in [0.2, 0.25) is 0 Å². The maximum Gasteiger partial charge on any atom is 0.0449 e. The summed E-state index contributed by atoms with van der Waals surface area (Å²) >= 11 is 0. The van der Waals surface area contributed by atoms with Gasteiger partial charge in [0.1, 0.15) is 0 Å². The molecule has 20 heavy (non-hydrogen) atoms. The van der Waals surface area contributed by atoms with Gasteiger partial charge in [-0.05, 0) is 51.4 Å². The molecule has 0 aliphatic heterocycles. The first-order valence-corrected chi connectivity index (χ1v) is 8.01. The molecule has 0 heterocycles. The summed E-state index contributed by atoms with van der Waals surface area (Å²) in [6, 6.07) is 9.39. The van der Waals surface area contributed by atoms with Crippen LogP contribution in [0.3, 0.4) is 0 Å². The molecule has 0 amide bonds. The van der Waals surface area contributed by atoms with Crippen molar-refractivity contribution in [2.75, 3.05) is 26.7 Å². The zero-order valence-corrected chi connectivity index (χ0v) is 13.9. The second-order valence-corrected chi connectivity index (χ2v) is 6.36. The lowest BCUT2D eigenvalue weighted by molar-refractivity contribution is 0.274. The Labute approximate surface area is 125 Å².